The number of amides is 1. The van der Waals surface area contributed by atoms with Crippen molar-refractivity contribution in [3.05, 3.63) is 65.7 Å². The van der Waals surface area contributed by atoms with Crippen molar-refractivity contribution >= 4 is 17.6 Å². The van der Waals surface area contributed by atoms with Crippen molar-refractivity contribution in [1.29, 1.82) is 0 Å². The standard InChI is InChI=1S/C18H19F3N4O3/c19-18(20,21)17(27,28)14(25-15(26)12-4-2-1-3-5-12)10-11-6-8-13(9-7-11)24-16(22)23/h1-9,14,27-28H,10H2,(H,25,26)(H4,22,23,24)/p+1. The van der Waals surface area contributed by atoms with Gasteiger partial charge in [-0.05, 0) is 36.2 Å². The lowest BCUT2D eigenvalue weighted by molar-refractivity contribution is -0.358. The molecule has 28 heavy (non-hydrogen) atoms. The Balaban J connectivity index is 2.28. The van der Waals surface area contributed by atoms with E-state index in [-0.39, 0.29) is 11.5 Å². The molecule has 0 aliphatic rings. The topological polar surface area (TPSA) is 136 Å². The molecule has 2 aromatic rings. The van der Waals surface area contributed by atoms with Gasteiger partial charge in [0.15, 0.2) is 0 Å². The average molecular weight is 397 g/mol. The SMILES string of the molecule is NC(N)=[NH+]c1ccc(CC(NC(=O)c2ccccc2)C(O)(O)C(F)(F)F)cc1. The molecule has 1 atom stereocenters. The second-order valence-electron chi connectivity index (χ2n) is 6.10. The number of carbonyl (C=O) groups excluding carboxylic acids is 1. The van der Waals surface area contributed by atoms with E-state index in [1.807, 2.05) is 0 Å². The molecule has 0 saturated heterocycles. The minimum atomic E-state index is -5.38. The third-order valence-corrected chi connectivity index (χ3v) is 3.93. The molecule has 150 valence electrons. The van der Waals surface area contributed by atoms with Crippen molar-refractivity contribution in [3.63, 3.8) is 0 Å². The first-order valence-electron chi connectivity index (χ1n) is 8.12. The molecule has 2 rings (SSSR count). The Labute approximate surface area is 158 Å². The maximum atomic E-state index is 13.2. The summed E-state index contributed by atoms with van der Waals surface area (Å²) >= 11 is 0. The summed E-state index contributed by atoms with van der Waals surface area (Å²) in [5.41, 5.74) is 11.5. The number of benzene rings is 2. The van der Waals surface area contributed by atoms with Crippen molar-refractivity contribution in [2.75, 3.05) is 0 Å². The molecule has 2 aromatic carbocycles. The molecule has 0 spiro atoms. The number of guanidine groups is 1. The van der Waals surface area contributed by atoms with Gasteiger partial charge in [-0.2, -0.15) is 13.2 Å². The molecule has 10 heteroatoms. The molecule has 1 amide bonds. The van der Waals surface area contributed by atoms with E-state index in [9.17, 15) is 28.2 Å². The molecule has 0 aliphatic carbocycles. The van der Waals surface area contributed by atoms with Crippen molar-refractivity contribution in [3.8, 4) is 0 Å². The minimum Gasteiger partial charge on any atom is -0.357 e. The molecule has 0 saturated carbocycles. The van der Waals surface area contributed by atoms with Crippen LogP contribution in [-0.2, 0) is 6.42 Å². The fourth-order valence-corrected chi connectivity index (χ4v) is 2.45. The highest BCUT2D eigenvalue weighted by Gasteiger charge is 2.58. The zero-order valence-electron chi connectivity index (χ0n) is 14.6. The summed E-state index contributed by atoms with van der Waals surface area (Å²) in [7, 11) is 0. The average Bonchev–Trinajstić information content (AvgIpc) is 2.62. The molecule has 8 N–H and O–H groups in total. The van der Waals surface area contributed by atoms with Crippen LogP contribution in [0.3, 0.4) is 0 Å². The van der Waals surface area contributed by atoms with Gasteiger partial charge in [0, 0.05) is 5.56 Å². The number of halogens is 3. The van der Waals surface area contributed by atoms with Crippen LogP contribution in [0.15, 0.2) is 54.6 Å². The second kappa shape index (κ2) is 8.28. The van der Waals surface area contributed by atoms with Crippen LogP contribution in [0.1, 0.15) is 15.9 Å². The van der Waals surface area contributed by atoms with Crippen LogP contribution in [0.5, 0.6) is 0 Å². The molecular formula is C18H20F3N4O3+. The van der Waals surface area contributed by atoms with Gasteiger partial charge in [-0.25, -0.2) is 4.99 Å². The highest BCUT2D eigenvalue weighted by Crippen LogP contribution is 2.32. The van der Waals surface area contributed by atoms with Crippen LogP contribution in [0.4, 0.5) is 18.9 Å². The van der Waals surface area contributed by atoms with E-state index in [0.29, 0.717) is 11.3 Å². The van der Waals surface area contributed by atoms with E-state index in [1.165, 1.54) is 48.5 Å². The Bertz CT molecular complexity index is 833. The largest absolute Gasteiger partial charge is 0.445 e. The molecule has 0 radical (unpaired) electrons. The van der Waals surface area contributed by atoms with E-state index in [0.717, 1.165) is 0 Å². The number of carbonyl (C=O) groups is 1. The normalized spacial score (nSPS) is 12.9. The van der Waals surface area contributed by atoms with Crippen molar-refractivity contribution in [2.45, 2.75) is 24.4 Å². The van der Waals surface area contributed by atoms with Gasteiger partial charge in [0.25, 0.3) is 11.7 Å². The zero-order chi connectivity index (χ0) is 20.9. The number of aliphatic hydroxyl groups is 2. The predicted octanol–water partition coefficient (Wildman–Crippen LogP) is -0.744. The molecule has 0 bridgehead atoms. The van der Waals surface area contributed by atoms with Crippen molar-refractivity contribution in [2.24, 2.45) is 11.5 Å². The van der Waals surface area contributed by atoms with Crippen LogP contribution in [0, 0.1) is 0 Å². The third-order valence-electron chi connectivity index (χ3n) is 3.93. The molecule has 0 aromatic heterocycles. The second-order valence-corrected chi connectivity index (χ2v) is 6.10. The van der Waals surface area contributed by atoms with E-state index >= 15 is 0 Å². The summed E-state index contributed by atoms with van der Waals surface area (Å²) in [5.74, 6) is -5.07. The number of hydrogen-bond donors (Lipinski definition) is 6. The van der Waals surface area contributed by atoms with E-state index in [4.69, 9.17) is 11.5 Å². The predicted molar refractivity (Wildman–Crippen MR) is 95.1 cm³/mol. The van der Waals surface area contributed by atoms with Gasteiger partial charge in [-0.15, -0.1) is 0 Å². The number of nitrogens with one attached hydrogen (secondary N) is 2. The fourth-order valence-electron chi connectivity index (χ4n) is 2.45. The monoisotopic (exact) mass is 397 g/mol. The summed E-state index contributed by atoms with van der Waals surface area (Å²) < 4.78 is 39.5. The van der Waals surface area contributed by atoms with Gasteiger partial charge in [0.05, 0.1) is 11.7 Å². The first-order chi connectivity index (χ1) is 13.0. The molecule has 1 unspecified atom stereocenters. The minimum absolute atomic E-state index is 0.0671. The quantitative estimate of drug-likeness (QED) is 0.217. The molecule has 7 nitrogen and oxygen atoms in total. The maximum Gasteiger partial charge on any atom is 0.445 e. The van der Waals surface area contributed by atoms with Crippen molar-refractivity contribution in [1.82, 2.24) is 5.32 Å². The summed E-state index contributed by atoms with van der Waals surface area (Å²) in [4.78, 5) is 14.9. The summed E-state index contributed by atoms with van der Waals surface area (Å²) in [5, 5.41) is 21.5. The Kier molecular flexibility index (Phi) is 6.26. The molecule has 0 heterocycles. The maximum absolute atomic E-state index is 13.2. The van der Waals surface area contributed by atoms with Gasteiger partial charge in [-0.1, -0.05) is 30.3 Å². The number of hydrogen-bond acceptors (Lipinski definition) is 3. The highest BCUT2D eigenvalue weighted by molar-refractivity contribution is 5.94. The van der Waals surface area contributed by atoms with Gasteiger partial charge in [-0.3, -0.25) is 16.3 Å². The molecule has 0 fully saturated rings. The number of nitrogens with two attached hydrogens (primary N) is 2. The number of rotatable bonds is 6. The Morgan fingerprint density at radius 3 is 2.11 bits per heavy atom. The Morgan fingerprint density at radius 2 is 1.61 bits per heavy atom. The molecule has 0 aliphatic heterocycles. The smallest absolute Gasteiger partial charge is 0.357 e. The van der Waals surface area contributed by atoms with Gasteiger partial charge >= 0.3 is 12.1 Å². The van der Waals surface area contributed by atoms with E-state index < -0.39 is 30.3 Å². The third kappa shape index (κ3) is 5.21. The lowest BCUT2D eigenvalue weighted by atomic mass is 9.97. The van der Waals surface area contributed by atoms with E-state index in [2.05, 4.69) is 10.3 Å². The van der Waals surface area contributed by atoms with Crippen LogP contribution in [0.25, 0.3) is 0 Å². The highest BCUT2D eigenvalue weighted by atomic mass is 19.4. The Hall–Kier alpha value is -3.11. The summed E-state index contributed by atoms with van der Waals surface area (Å²) in [6, 6.07) is 11.3. The fraction of sp³-hybridized carbons (Fsp3) is 0.222. The van der Waals surface area contributed by atoms with E-state index in [1.54, 1.807) is 6.07 Å². The van der Waals surface area contributed by atoms with Crippen LogP contribution in [0.2, 0.25) is 0 Å². The Morgan fingerprint density at radius 1 is 1.04 bits per heavy atom. The molecular weight excluding hydrogens is 377 g/mol. The zero-order valence-corrected chi connectivity index (χ0v) is 14.6. The van der Waals surface area contributed by atoms with Crippen LogP contribution in [-0.4, -0.2) is 40.1 Å². The first kappa shape index (κ1) is 21.2. The van der Waals surface area contributed by atoms with Gasteiger partial charge in [0.2, 0.25) is 0 Å². The summed E-state index contributed by atoms with van der Waals surface area (Å²) in [6.07, 6.45) is -5.88. The van der Waals surface area contributed by atoms with Crippen LogP contribution < -0.4 is 21.8 Å². The number of alkyl halides is 3. The van der Waals surface area contributed by atoms with Gasteiger partial charge < -0.3 is 15.5 Å². The summed E-state index contributed by atoms with van der Waals surface area (Å²) in [6.45, 7) is 0. The first-order valence-corrected chi connectivity index (χ1v) is 8.12. The van der Waals surface area contributed by atoms with Crippen LogP contribution >= 0.6 is 0 Å². The lowest BCUT2D eigenvalue weighted by Crippen LogP contribution is -2.72. The van der Waals surface area contributed by atoms with Gasteiger partial charge in [0.1, 0.15) is 0 Å². The lowest BCUT2D eigenvalue weighted by Gasteiger charge is -2.33. The van der Waals surface area contributed by atoms with Crippen molar-refractivity contribution < 1.29 is 33.2 Å².